The van der Waals surface area contributed by atoms with E-state index in [1.54, 1.807) is 18.7 Å². The third-order valence-corrected chi connectivity index (χ3v) is 5.36. The molecule has 0 fully saturated rings. The lowest BCUT2D eigenvalue weighted by Crippen LogP contribution is -2.27. The van der Waals surface area contributed by atoms with E-state index in [0.717, 1.165) is 13.1 Å². The smallest absolute Gasteiger partial charge is 0.246 e. The van der Waals surface area contributed by atoms with Crippen molar-refractivity contribution in [2.75, 3.05) is 26.7 Å². The molecule has 1 N–H and O–H groups in total. The Labute approximate surface area is 115 Å². The largest absolute Gasteiger partial charge is 0.315 e. The highest BCUT2D eigenvalue weighted by molar-refractivity contribution is 7.89. The van der Waals surface area contributed by atoms with Crippen LogP contribution in [0.15, 0.2) is 4.90 Å². The summed E-state index contributed by atoms with van der Waals surface area (Å²) in [6, 6.07) is 0. The summed E-state index contributed by atoms with van der Waals surface area (Å²) in [6.07, 6.45) is 0. The minimum absolute atomic E-state index is 0.341. The minimum Gasteiger partial charge on any atom is -0.315 e. The van der Waals surface area contributed by atoms with E-state index in [-0.39, 0.29) is 0 Å². The van der Waals surface area contributed by atoms with Gasteiger partial charge in [-0.25, -0.2) is 12.7 Å². The maximum atomic E-state index is 12.4. The number of aryl methyl sites for hydroxylation is 1. The van der Waals surface area contributed by atoms with Gasteiger partial charge in [0.05, 0.1) is 17.9 Å². The van der Waals surface area contributed by atoms with Crippen molar-refractivity contribution < 1.29 is 8.42 Å². The minimum atomic E-state index is -3.43. The fourth-order valence-electron chi connectivity index (χ4n) is 1.96. The van der Waals surface area contributed by atoms with E-state index in [9.17, 15) is 8.42 Å². The number of sulfonamides is 1. The van der Waals surface area contributed by atoms with Crippen LogP contribution in [-0.4, -0.2) is 49.2 Å². The molecule has 0 saturated carbocycles. The lowest BCUT2D eigenvalue weighted by molar-refractivity contribution is 0.484. The van der Waals surface area contributed by atoms with Crippen LogP contribution in [0.3, 0.4) is 0 Å². The van der Waals surface area contributed by atoms with Gasteiger partial charge in [0.25, 0.3) is 0 Å². The first kappa shape index (κ1) is 16.1. The van der Waals surface area contributed by atoms with E-state index < -0.39 is 10.0 Å². The molecule has 0 aromatic carbocycles. The van der Waals surface area contributed by atoms with E-state index >= 15 is 0 Å². The zero-order valence-corrected chi connectivity index (χ0v) is 13.2. The molecule has 0 radical (unpaired) electrons. The average Bonchev–Trinajstić information content (AvgIpc) is 2.64. The van der Waals surface area contributed by atoms with Gasteiger partial charge in [-0.2, -0.15) is 5.10 Å². The molecule has 6 nitrogen and oxygen atoms in total. The second kappa shape index (κ2) is 6.49. The topological polar surface area (TPSA) is 67.2 Å². The summed E-state index contributed by atoms with van der Waals surface area (Å²) in [5.41, 5.74) is 1.27. The monoisotopic (exact) mass is 288 g/mol. The molecule has 0 saturated heterocycles. The summed E-state index contributed by atoms with van der Waals surface area (Å²) in [6.45, 7) is 10.2. The zero-order valence-electron chi connectivity index (χ0n) is 12.4. The van der Waals surface area contributed by atoms with E-state index in [2.05, 4.69) is 10.4 Å². The maximum absolute atomic E-state index is 12.4. The van der Waals surface area contributed by atoms with Crippen molar-refractivity contribution >= 4 is 10.0 Å². The Morgan fingerprint density at radius 2 is 1.95 bits per heavy atom. The SMILES string of the molecule is CCNCCn1nc(C)c(S(=O)(=O)N(C)CC)c1C. The Morgan fingerprint density at radius 1 is 1.32 bits per heavy atom. The first-order valence-electron chi connectivity index (χ1n) is 6.57. The van der Waals surface area contributed by atoms with Crippen LogP contribution in [-0.2, 0) is 16.6 Å². The molecule has 0 aliphatic carbocycles. The molecular weight excluding hydrogens is 264 g/mol. The van der Waals surface area contributed by atoms with Crippen molar-refractivity contribution in [2.45, 2.75) is 39.1 Å². The molecule has 0 bridgehead atoms. The third kappa shape index (κ3) is 3.34. The van der Waals surface area contributed by atoms with Crippen LogP contribution < -0.4 is 5.32 Å². The van der Waals surface area contributed by atoms with Gasteiger partial charge in [0.15, 0.2) is 0 Å². The van der Waals surface area contributed by atoms with Crippen LogP contribution in [0.25, 0.3) is 0 Å². The van der Waals surface area contributed by atoms with Crippen molar-refractivity contribution in [3.63, 3.8) is 0 Å². The highest BCUT2D eigenvalue weighted by Gasteiger charge is 2.27. The molecule has 0 atom stereocenters. The van der Waals surface area contributed by atoms with Gasteiger partial charge in [-0.3, -0.25) is 4.68 Å². The highest BCUT2D eigenvalue weighted by atomic mass is 32.2. The average molecular weight is 288 g/mol. The zero-order chi connectivity index (χ0) is 14.6. The number of rotatable bonds is 7. The molecule has 1 heterocycles. The predicted molar refractivity (Wildman–Crippen MR) is 75.7 cm³/mol. The second-order valence-electron chi connectivity index (χ2n) is 4.50. The number of likely N-dealkylation sites (N-methyl/N-ethyl adjacent to an activating group) is 1. The molecule has 0 unspecified atom stereocenters. The lowest BCUT2D eigenvalue weighted by Gasteiger charge is -2.15. The Bertz CT molecular complexity index is 522. The molecule has 1 rings (SSSR count). The quantitative estimate of drug-likeness (QED) is 0.752. The van der Waals surface area contributed by atoms with Crippen LogP contribution in [0, 0.1) is 13.8 Å². The summed E-state index contributed by atoms with van der Waals surface area (Å²) in [5, 5.41) is 7.54. The fraction of sp³-hybridized carbons (Fsp3) is 0.750. The fourth-order valence-corrected chi connectivity index (χ4v) is 3.50. The number of hydrogen-bond donors (Lipinski definition) is 1. The summed E-state index contributed by atoms with van der Waals surface area (Å²) < 4.78 is 27.9. The number of aromatic nitrogens is 2. The Morgan fingerprint density at radius 3 is 2.47 bits per heavy atom. The van der Waals surface area contributed by atoms with Crippen LogP contribution in [0.4, 0.5) is 0 Å². The summed E-state index contributed by atoms with van der Waals surface area (Å²) in [5.74, 6) is 0. The van der Waals surface area contributed by atoms with Gasteiger partial charge in [0.1, 0.15) is 4.90 Å². The summed E-state index contributed by atoms with van der Waals surface area (Å²) in [7, 11) is -1.84. The molecule has 1 aromatic rings. The molecule has 7 heteroatoms. The van der Waals surface area contributed by atoms with Gasteiger partial charge in [-0.1, -0.05) is 13.8 Å². The molecule has 1 aromatic heterocycles. The predicted octanol–water partition coefficient (Wildman–Crippen LogP) is 0.750. The van der Waals surface area contributed by atoms with Crippen LogP contribution in [0.1, 0.15) is 25.2 Å². The molecule has 0 aliphatic rings. The van der Waals surface area contributed by atoms with Gasteiger partial charge < -0.3 is 5.32 Å². The maximum Gasteiger partial charge on any atom is 0.246 e. The van der Waals surface area contributed by atoms with Crippen LogP contribution in [0.2, 0.25) is 0 Å². The van der Waals surface area contributed by atoms with Gasteiger partial charge in [-0.05, 0) is 20.4 Å². The molecule has 0 aliphatic heterocycles. The van der Waals surface area contributed by atoms with E-state index in [1.165, 1.54) is 4.31 Å². The molecule has 19 heavy (non-hydrogen) atoms. The highest BCUT2D eigenvalue weighted by Crippen LogP contribution is 2.22. The first-order chi connectivity index (χ1) is 8.86. The van der Waals surface area contributed by atoms with E-state index in [0.29, 0.717) is 29.4 Å². The Hall–Kier alpha value is -0.920. The molecular formula is C12H24N4O2S. The summed E-state index contributed by atoms with van der Waals surface area (Å²) >= 11 is 0. The van der Waals surface area contributed by atoms with E-state index in [1.807, 2.05) is 20.8 Å². The second-order valence-corrected chi connectivity index (χ2v) is 6.48. The van der Waals surface area contributed by atoms with Gasteiger partial charge >= 0.3 is 0 Å². The number of nitrogens with zero attached hydrogens (tertiary/aromatic N) is 3. The first-order valence-corrected chi connectivity index (χ1v) is 8.01. The number of hydrogen-bond acceptors (Lipinski definition) is 4. The van der Waals surface area contributed by atoms with Crippen molar-refractivity contribution in [3.05, 3.63) is 11.4 Å². The van der Waals surface area contributed by atoms with Crippen LogP contribution in [0.5, 0.6) is 0 Å². The van der Waals surface area contributed by atoms with Crippen molar-refractivity contribution in [1.29, 1.82) is 0 Å². The Balaban J connectivity index is 3.10. The van der Waals surface area contributed by atoms with Crippen molar-refractivity contribution in [3.8, 4) is 0 Å². The normalized spacial score (nSPS) is 12.3. The van der Waals surface area contributed by atoms with Gasteiger partial charge in [-0.15, -0.1) is 0 Å². The third-order valence-electron chi connectivity index (χ3n) is 3.18. The Kier molecular flexibility index (Phi) is 5.51. The van der Waals surface area contributed by atoms with Crippen molar-refractivity contribution in [1.82, 2.24) is 19.4 Å². The van der Waals surface area contributed by atoms with E-state index in [4.69, 9.17) is 0 Å². The molecule has 0 spiro atoms. The number of nitrogens with one attached hydrogen (secondary N) is 1. The molecule has 0 amide bonds. The standard InChI is InChI=1S/C12H24N4O2S/c1-6-13-8-9-16-11(4)12(10(3)14-16)19(17,18)15(5)7-2/h13H,6-9H2,1-5H3. The van der Waals surface area contributed by atoms with Gasteiger partial charge in [0, 0.05) is 20.1 Å². The van der Waals surface area contributed by atoms with Crippen molar-refractivity contribution in [2.24, 2.45) is 0 Å². The lowest BCUT2D eigenvalue weighted by atomic mass is 10.4. The summed E-state index contributed by atoms with van der Waals surface area (Å²) in [4.78, 5) is 0.341. The molecule has 110 valence electrons. The van der Waals surface area contributed by atoms with Crippen LogP contribution >= 0.6 is 0 Å². The van der Waals surface area contributed by atoms with Gasteiger partial charge in [0.2, 0.25) is 10.0 Å².